The summed E-state index contributed by atoms with van der Waals surface area (Å²) < 4.78 is 10.5. The number of hydrogen-bond acceptors (Lipinski definition) is 4. The number of rotatable bonds is 8. The maximum atomic E-state index is 12.2. The van der Waals surface area contributed by atoms with Gasteiger partial charge in [-0.05, 0) is 42.3 Å². The summed E-state index contributed by atoms with van der Waals surface area (Å²) in [6.07, 6.45) is 0.882. The number of amides is 1. The van der Waals surface area contributed by atoms with E-state index in [2.05, 4.69) is 12.2 Å². The first kappa shape index (κ1) is 23.2. The van der Waals surface area contributed by atoms with Gasteiger partial charge in [0.15, 0.2) is 0 Å². The number of methoxy groups -OCH3 is 2. The third-order valence-electron chi connectivity index (χ3n) is 3.73. The lowest BCUT2D eigenvalue weighted by Gasteiger charge is -2.12. The standard InChI is InChI=1S/C19H22ClNO3S.C2H6/c1-4-13-9-15(20)6-8-18(13)25-12-19(22)21-11-14-5-7-16(23-2)10-17(14)24-3;1-2/h5-10H,4,11-12H2,1-3H3,(H,21,22);1-2H3. The second-order valence-electron chi connectivity index (χ2n) is 5.35. The maximum absolute atomic E-state index is 12.2. The summed E-state index contributed by atoms with van der Waals surface area (Å²) in [4.78, 5) is 13.2. The molecule has 0 radical (unpaired) electrons. The monoisotopic (exact) mass is 409 g/mol. The zero-order valence-electron chi connectivity index (χ0n) is 16.6. The van der Waals surface area contributed by atoms with Crippen molar-refractivity contribution >= 4 is 29.3 Å². The first-order chi connectivity index (χ1) is 13.1. The van der Waals surface area contributed by atoms with Crippen LogP contribution < -0.4 is 14.8 Å². The average Bonchev–Trinajstić information content (AvgIpc) is 2.72. The van der Waals surface area contributed by atoms with Crippen molar-refractivity contribution in [2.45, 2.75) is 38.6 Å². The summed E-state index contributed by atoms with van der Waals surface area (Å²) >= 11 is 7.53. The summed E-state index contributed by atoms with van der Waals surface area (Å²) in [6, 6.07) is 11.3. The van der Waals surface area contributed by atoms with E-state index in [4.69, 9.17) is 21.1 Å². The molecule has 1 amide bonds. The van der Waals surface area contributed by atoms with E-state index in [1.807, 2.05) is 44.2 Å². The summed E-state index contributed by atoms with van der Waals surface area (Å²) in [5.41, 5.74) is 2.06. The van der Waals surface area contributed by atoms with Gasteiger partial charge in [-0.15, -0.1) is 11.8 Å². The Morgan fingerprint density at radius 2 is 1.81 bits per heavy atom. The van der Waals surface area contributed by atoms with Gasteiger partial charge in [0.05, 0.1) is 20.0 Å². The fourth-order valence-electron chi connectivity index (χ4n) is 2.35. The number of benzene rings is 2. The van der Waals surface area contributed by atoms with Crippen LogP contribution in [0.1, 0.15) is 31.9 Å². The Morgan fingerprint density at radius 1 is 1.07 bits per heavy atom. The number of hydrogen-bond donors (Lipinski definition) is 1. The molecule has 148 valence electrons. The second kappa shape index (κ2) is 12.5. The third kappa shape index (κ3) is 7.35. The van der Waals surface area contributed by atoms with Gasteiger partial charge in [0.25, 0.3) is 0 Å². The molecule has 0 atom stereocenters. The predicted octanol–water partition coefficient (Wildman–Crippen LogP) is 5.35. The molecule has 2 aromatic rings. The van der Waals surface area contributed by atoms with E-state index in [9.17, 15) is 4.79 Å². The molecular weight excluding hydrogens is 382 g/mol. The minimum absolute atomic E-state index is 0.0279. The molecule has 27 heavy (non-hydrogen) atoms. The number of ether oxygens (including phenoxy) is 2. The van der Waals surface area contributed by atoms with Crippen LogP contribution in [0.15, 0.2) is 41.3 Å². The zero-order chi connectivity index (χ0) is 20.2. The molecule has 1 N–H and O–H groups in total. The van der Waals surface area contributed by atoms with E-state index in [1.165, 1.54) is 11.8 Å². The highest BCUT2D eigenvalue weighted by Crippen LogP contribution is 2.27. The number of carbonyl (C=O) groups is 1. The van der Waals surface area contributed by atoms with Crippen molar-refractivity contribution < 1.29 is 14.3 Å². The lowest BCUT2D eigenvalue weighted by Crippen LogP contribution is -2.24. The summed E-state index contributed by atoms with van der Waals surface area (Å²) in [7, 11) is 3.21. The quantitative estimate of drug-likeness (QED) is 0.596. The third-order valence-corrected chi connectivity index (χ3v) is 5.08. The molecule has 0 bridgehead atoms. The van der Waals surface area contributed by atoms with Crippen LogP contribution in [-0.2, 0) is 17.8 Å². The van der Waals surface area contributed by atoms with Gasteiger partial charge in [-0.25, -0.2) is 0 Å². The molecule has 2 rings (SSSR count). The van der Waals surface area contributed by atoms with Crippen LogP contribution in [0.3, 0.4) is 0 Å². The predicted molar refractivity (Wildman–Crippen MR) is 114 cm³/mol. The number of carbonyl (C=O) groups excluding carboxylic acids is 1. The second-order valence-corrected chi connectivity index (χ2v) is 6.80. The Balaban J connectivity index is 0.00000176. The molecule has 0 fully saturated rings. The molecule has 0 aromatic heterocycles. The van der Waals surface area contributed by atoms with Gasteiger partial charge < -0.3 is 14.8 Å². The van der Waals surface area contributed by atoms with Gasteiger partial charge in [0, 0.05) is 28.1 Å². The topological polar surface area (TPSA) is 47.6 Å². The Morgan fingerprint density at radius 3 is 2.44 bits per heavy atom. The number of aryl methyl sites for hydroxylation is 1. The van der Waals surface area contributed by atoms with Gasteiger partial charge in [0.2, 0.25) is 5.91 Å². The molecule has 0 saturated carbocycles. The first-order valence-electron chi connectivity index (χ1n) is 8.96. The summed E-state index contributed by atoms with van der Waals surface area (Å²) in [5, 5.41) is 3.64. The minimum Gasteiger partial charge on any atom is -0.497 e. The van der Waals surface area contributed by atoms with Crippen molar-refractivity contribution in [2.24, 2.45) is 0 Å². The molecule has 0 heterocycles. The van der Waals surface area contributed by atoms with Crippen LogP contribution in [0.2, 0.25) is 5.02 Å². The van der Waals surface area contributed by atoms with Crippen LogP contribution in [0.5, 0.6) is 11.5 Å². The van der Waals surface area contributed by atoms with E-state index >= 15 is 0 Å². The lowest BCUT2D eigenvalue weighted by molar-refractivity contribution is -0.118. The number of halogens is 1. The molecule has 0 aliphatic carbocycles. The van der Waals surface area contributed by atoms with Crippen molar-refractivity contribution in [2.75, 3.05) is 20.0 Å². The lowest BCUT2D eigenvalue weighted by atomic mass is 10.2. The SMILES string of the molecule is CC.CCc1cc(Cl)ccc1SCC(=O)NCc1ccc(OC)cc1OC. The van der Waals surface area contributed by atoms with E-state index in [0.717, 1.165) is 33.2 Å². The minimum atomic E-state index is -0.0279. The Bertz CT molecular complexity index is 737. The van der Waals surface area contributed by atoms with Gasteiger partial charge in [-0.3, -0.25) is 4.79 Å². The van der Waals surface area contributed by atoms with Gasteiger partial charge in [-0.2, -0.15) is 0 Å². The average molecular weight is 410 g/mol. The van der Waals surface area contributed by atoms with Crippen LogP contribution in [-0.4, -0.2) is 25.9 Å². The van der Waals surface area contributed by atoms with Crippen LogP contribution in [0.4, 0.5) is 0 Å². The molecule has 0 saturated heterocycles. The molecule has 0 aliphatic rings. The molecule has 4 nitrogen and oxygen atoms in total. The molecule has 6 heteroatoms. The Kier molecular flexibility index (Phi) is 10.8. The van der Waals surface area contributed by atoms with Crippen molar-refractivity contribution in [1.82, 2.24) is 5.32 Å². The molecule has 2 aromatic carbocycles. The summed E-state index contributed by atoms with van der Waals surface area (Å²) in [6.45, 7) is 6.49. The maximum Gasteiger partial charge on any atom is 0.230 e. The van der Waals surface area contributed by atoms with Gasteiger partial charge in [0.1, 0.15) is 11.5 Å². The zero-order valence-corrected chi connectivity index (χ0v) is 18.2. The highest BCUT2D eigenvalue weighted by molar-refractivity contribution is 8.00. The largest absolute Gasteiger partial charge is 0.497 e. The molecule has 0 unspecified atom stereocenters. The van der Waals surface area contributed by atoms with Crippen LogP contribution in [0, 0.1) is 0 Å². The summed E-state index contributed by atoms with van der Waals surface area (Å²) in [5.74, 6) is 1.74. The number of nitrogens with one attached hydrogen (secondary N) is 1. The van der Waals surface area contributed by atoms with Crippen molar-refractivity contribution in [1.29, 1.82) is 0 Å². The van der Waals surface area contributed by atoms with Gasteiger partial charge in [-0.1, -0.05) is 32.4 Å². The molecular formula is C21H28ClNO3S. The fraction of sp³-hybridized carbons (Fsp3) is 0.381. The highest BCUT2D eigenvalue weighted by Gasteiger charge is 2.09. The Labute approximate surface area is 171 Å². The van der Waals surface area contributed by atoms with Gasteiger partial charge >= 0.3 is 0 Å². The van der Waals surface area contributed by atoms with Crippen molar-refractivity contribution in [3.05, 3.63) is 52.5 Å². The van der Waals surface area contributed by atoms with Crippen LogP contribution >= 0.6 is 23.4 Å². The van der Waals surface area contributed by atoms with Crippen molar-refractivity contribution in [3.8, 4) is 11.5 Å². The fourth-order valence-corrected chi connectivity index (χ4v) is 3.49. The van der Waals surface area contributed by atoms with E-state index in [1.54, 1.807) is 20.3 Å². The van der Waals surface area contributed by atoms with E-state index < -0.39 is 0 Å². The normalized spacial score (nSPS) is 9.85. The van der Waals surface area contributed by atoms with E-state index in [-0.39, 0.29) is 5.91 Å². The Hall–Kier alpha value is -1.85. The smallest absolute Gasteiger partial charge is 0.230 e. The van der Waals surface area contributed by atoms with Crippen LogP contribution in [0.25, 0.3) is 0 Å². The van der Waals surface area contributed by atoms with Crippen molar-refractivity contribution in [3.63, 3.8) is 0 Å². The molecule has 0 aliphatic heterocycles. The highest BCUT2D eigenvalue weighted by atomic mass is 35.5. The first-order valence-corrected chi connectivity index (χ1v) is 10.3. The molecule has 0 spiro atoms. The number of thioether (sulfide) groups is 1. The van der Waals surface area contributed by atoms with E-state index in [0.29, 0.717) is 18.0 Å².